The van der Waals surface area contributed by atoms with Gasteiger partial charge in [0.05, 0.1) is 24.7 Å². The minimum Gasteiger partial charge on any atom is -0.379 e. The largest absolute Gasteiger partial charge is 0.379 e. The van der Waals surface area contributed by atoms with Crippen LogP contribution in [0.3, 0.4) is 0 Å². The first-order valence-electron chi connectivity index (χ1n) is 8.58. The van der Waals surface area contributed by atoms with Gasteiger partial charge in [0.1, 0.15) is 0 Å². The quantitative estimate of drug-likeness (QED) is 0.706. The Morgan fingerprint density at radius 3 is 2.48 bits per heavy atom. The van der Waals surface area contributed by atoms with Crippen molar-refractivity contribution in [2.24, 2.45) is 11.8 Å². The average Bonchev–Trinajstić information content (AvgIpc) is 2.86. The van der Waals surface area contributed by atoms with Crippen molar-refractivity contribution >= 4 is 15.7 Å². The molecule has 7 heteroatoms. The van der Waals surface area contributed by atoms with Crippen molar-refractivity contribution in [3.63, 3.8) is 0 Å². The van der Waals surface area contributed by atoms with Gasteiger partial charge in [-0.05, 0) is 11.8 Å². The predicted molar refractivity (Wildman–Crippen MR) is 90.0 cm³/mol. The number of likely N-dealkylation sites (tertiary alicyclic amines) is 1. The van der Waals surface area contributed by atoms with Gasteiger partial charge in [0.2, 0.25) is 5.91 Å². The van der Waals surface area contributed by atoms with E-state index in [1.54, 1.807) is 0 Å². The van der Waals surface area contributed by atoms with E-state index in [2.05, 4.69) is 11.8 Å². The number of rotatable bonds is 6. The molecule has 0 aromatic rings. The molecule has 0 unspecified atom stereocenters. The highest BCUT2D eigenvalue weighted by Crippen LogP contribution is 2.23. The monoisotopic (exact) mass is 346 g/mol. The molecule has 2 heterocycles. The third-order valence-corrected chi connectivity index (χ3v) is 6.65. The highest BCUT2D eigenvalue weighted by atomic mass is 32.2. The van der Waals surface area contributed by atoms with Gasteiger partial charge in [0, 0.05) is 38.6 Å². The Bertz CT molecular complexity index is 500. The second kappa shape index (κ2) is 7.94. The second-order valence-electron chi connectivity index (χ2n) is 7.25. The van der Waals surface area contributed by atoms with Crippen LogP contribution in [0.2, 0.25) is 0 Å². The first kappa shape index (κ1) is 18.7. The number of morpholine rings is 1. The van der Waals surface area contributed by atoms with E-state index in [0.29, 0.717) is 18.5 Å². The molecule has 0 aromatic heterocycles. The van der Waals surface area contributed by atoms with Gasteiger partial charge in [-0.1, -0.05) is 20.8 Å². The van der Waals surface area contributed by atoms with E-state index in [9.17, 15) is 13.2 Å². The molecule has 0 aliphatic carbocycles. The van der Waals surface area contributed by atoms with Crippen molar-refractivity contribution in [2.75, 3.05) is 50.9 Å². The van der Waals surface area contributed by atoms with E-state index in [0.717, 1.165) is 32.8 Å². The number of nitrogens with zero attached hydrogens (tertiary/aromatic N) is 2. The fourth-order valence-corrected chi connectivity index (χ4v) is 5.20. The molecule has 23 heavy (non-hydrogen) atoms. The van der Waals surface area contributed by atoms with Crippen LogP contribution in [0.5, 0.6) is 0 Å². The molecular weight excluding hydrogens is 316 g/mol. The zero-order valence-corrected chi connectivity index (χ0v) is 15.3. The summed E-state index contributed by atoms with van der Waals surface area (Å²) < 4.78 is 29.3. The van der Waals surface area contributed by atoms with Crippen LogP contribution in [0.1, 0.15) is 27.2 Å². The fraction of sp³-hybridized carbons (Fsp3) is 0.938. The molecule has 0 aromatic carbocycles. The van der Waals surface area contributed by atoms with Crippen LogP contribution >= 0.6 is 0 Å². The molecule has 1 amide bonds. The maximum absolute atomic E-state index is 12.4. The van der Waals surface area contributed by atoms with E-state index in [1.165, 1.54) is 0 Å². The summed E-state index contributed by atoms with van der Waals surface area (Å²) in [6.07, 6.45) is 0.109. The Morgan fingerprint density at radius 1 is 1.22 bits per heavy atom. The fourth-order valence-electron chi connectivity index (χ4n) is 3.53. The summed E-state index contributed by atoms with van der Waals surface area (Å²) in [5.74, 6) is 0.626. The van der Waals surface area contributed by atoms with E-state index in [4.69, 9.17) is 4.74 Å². The van der Waals surface area contributed by atoms with Crippen LogP contribution in [-0.4, -0.2) is 81.1 Å². The minimum absolute atomic E-state index is 0.0278. The van der Waals surface area contributed by atoms with Crippen LogP contribution in [0, 0.1) is 11.8 Å². The van der Waals surface area contributed by atoms with Gasteiger partial charge in [0.15, 0.2) is 9.84 Å². The summed E-state index contributed by atoms with van der Waals surface area (Å²) in [4.78, 5) is 16.6. The van der Waals surface area contributed by atoms with E-state index in [-0.39, 0.29) is 29.8 Å². The zero-order valence-electron chi connectivity index (χ0n) is 14.5. The van der Waals surface area contributed by atoms with Crippen molar-refractivity contribution in [2.45, 2.75) is 33.2 Å². The SMILES string of the molecule is CC(C)CS(=O)(=O)CCC(=O)N1C[C@@H](N2CCOCC2)[C@@H](C)C1. The summed E-state index contributed by atoms with van der Waals surface area (Å²) >= 11 is 0. The maximum atomic E-state index is 12.4. The summed E-state index contributed by atoms with van der Waals surface area (Å²) in [6, 6.07) is 0.370. The molecule has 2 aliphatic heterocycles. The Hall–Kier alpha value is -0.660. The summed E-state index contributed by atoms with van der Waals surface area (Å²) in [5, 5.41) is 0. The number of carbonyl (C=O) groups is 1. The van der Waals surface area contributed by atoms with Gasteiger partial charge in [0.25, 0.3) is 0 Å². The lowest BCUT2D eigenvalue weighted by atomic mass is 10.0. The van der Waals surface area contributed by atoms with E-state index in [1.807, 2.05) is 18.7 Å². The van der Waals surface area contributed by atoms with Gasteiger partial charge < -0.3 is 9.64 Å². The predicted octanol–water partition coefficient (Wildman–Crippen LogP) is 0.626. The molecule has 2 saturated heterocycles. The molecule has 2 aliphatic rings. The van der Waals surface area contributed by atoms with Crippen molar-refractivity contribution in [3.8, 4) is 0 Å². The standard InChI is InChI=1S/C16H30N2O4S/c1-13(2)12-23(20,21)9-4-16(19)18-10-14(3)15(11-18)17-5-7-22-8-6-17/h13-15H,4-12H2,1-3H3/t14-,15+/m0/s1. The van der Waals surface area contributed by atoms with Crippen LogP contribution in [0.15, 0.2) is 0 Å². The number of hydrogen-bond donors (Lipinski definition) is 0. The van der Waals surface area contributed by atoms with E-state index < -0.39 is 9.84 Å². The summed E-state index contributed by atoms with van der Waals surface area (Å²) in [7, 11) is -3.13. The molecule has 2 rings (SSSR count). The number of carbonyl (C=O) groups excluding carboxylic acids is 1. The first-order chi connectivity index (χ1) is 10.8. The van der Waals surface area contributed by atoms with Crippen molar-refractivity contribution < 1.29 is 17.9 Å². The molecule has 0 N–H and O–H groups in total. The smallest absolute Gasteiger partial charge is 0.223 e. The average molecular weight is 346 g/mol. The lowest BCUT2D eigenvalue weighted by Gasteiger charge is -2.34. The van der Waals surface area contributed by atoms with Crippen LogP contribution in [0.25, 0.3) is 0 Å². The summed E-state index contributed by atoms with van der Waals surface area (Å²) in [5.41, 5.74) is 0. The molecule has 6 nitrogen and oxygen atoms in total. The van der Waals surface area contributed by atoms with Crippen molar-refractivity contribution in [1.82, 2.24) is 9.80 Å². The minimum atomic E-state index is -3.13. The van der Waals surface area contributed by atoms with Crippen LogP contribution in [0.4, 0.5) is 0 Å². The highest BCUT2D eigenvalue weighted by molar-refractivity contribution is 7.91. The maximum Gasteiger partial charge on any atom is 0.223 e. The van der Waals surface area contributed by atoms with Gasteiger partial charge >= 0.3 is 0 Å². The third-order valence-electron chi connectivity index (χ3n) is 4.65. The second-order valence-corrected chi connectivity index (χ2v) is 9.48. The lowest BCUT2D eigenvalue weighted by molar-refractivity contribution is -0.130. The molecular formula is C16H30N2O4S. The van der Waals surface area contributed by atoms with Crippen LogP contribution in [-0.2, 0) is 19.4 Å². The van der Waals surface area contributed by atoms with Gasteiger partial charge in [-0.3, -0.25) is 9.69 Å². The molecule has 134 valence electrons. The molecule has 0 bridgehead atoms. The molecule has 2 fully saturated rings. The number of ether oxygens (including phenoxy) is 1. The number of sulfone groups is 1. The Morgan fingerprint density at radius 2 is 1.87 bits per heavy atom. The normalized spacial score (nSPS) is 26.9. The zero-order chi connectivity index (χ0) is 17.0. The molecule has 0 radical (unpaired) electrons. The first-order valence-corrected chi connectivity index (χ1v) is 10.4. The molecule has 2 atom stereocenters. The molecule has 0 spiro atoms. The number of hydrogen-bond acceptors (Lipinski definition) is 5. The molecule has 0 saturated carbocycles. The van der Waals surface area contributed by atoms with Gasteiger partial charge in [-0.15, -0.1) is 0 Å². The third kappa shape index (κ3) is 5.43. The Labute approximate surface area is 140 Å². The topological polar surface area (TPSA) is 66.9 Å². The van der Waals surface area contributed by atoms with E-state index >= 15 is 0 Å². The van der Waals surface area contributed by atoms with Crippen molar-refractivity contribution in [1.29, 1.82) is 0 Å². The Kier molecular flexibility index (Phi) is 6.45. The van der Waals surface area contributed by atoms with Crippen LogP contribution < -0.4 is 0 Å². The number of amides is 1. The Balaban J connectivity index is 1.84. The van der Waals surface area contributed by atoms with Crippen molar-refractivity contribution in [3.05, 3.63) is 0 Å². The highest BCUT2D eigenvalue weighted by Gasteiger charge is 2.36. The van der Waals surface area contributed by atoms with Gasteiger partial charge in [-0.2, -0.15) is 0 Å². The van der Waals surface area contributed by atoms with Gasteiger partial charge in [-0.25, -0.2) is 8.42 Å². The summed E-state index contributed by atoms with van der Waals surface area (Å²) in [6.45, 7) is 10.7. The lowest BCUT2D eigenvalue weighted by Crippen LogP contribution is -2.47.